The van der Waals surface area contributed by atoms with Crippen LogP contribution in [0.3, 0.4) is 0 Å². The normalized spacial score (nSPS) is 11.2. The lowest BCUT2D eigenvalue weighted by atomic mass is 10.2. The van der Waals surface area contributed by atoms with Crippen molar-refractivity contribution in [1.82, 2.24) is 4.98 Å². The molecule has 1 N–H and O–H groups in total. The smallest absolute Gasteiger partial charge is 0.278 e. The van der Waals surface area contributed by atoms with E-state index >= 15 is 0 Å². The molecule has 1 aromatic carbocycles. The van der Waals surface area contributed by atoms with Crippen LogP contribution in [-0.2, 0) is 0 Å². The van der Waals surface area contributed by atoms with Crippen molar-refractivity contribution in [3.8, 4) is 0 Å². The first-order valence-electron chi connectivity index (χ1n) is 4.19. The number of H-pyrrole nitrogens is 1. The molecule has 0 amide bonds. The average Bonchev–Trinajstić information content (AvgIpc) is 2.19. The summed E-state index contributed by atoms with van der Waals surface area (Å²) in [7, 11) is 0. The van der Waals surface area contributed by atoms with E-state index in [9.17, 15) is 13.6 Å². The molecule has 0 aliphatic rings. The third-order valence-corrected chi connectivity index (χ3v) is 2.39. The zero-order valence-corrected chi connectivity index (χ0v) is 8.18. The van der Waals surface area contributed by atoms with Crippen LogP contribution >= 0.6 is 11.6 Å². The van der Waals surface area contributed by atoms with E-state index in [0.29, 0.717) is 5.39 Å². The lowest BCUT2D eigenvalue weighted by Gasteiger charge is -2.04. The molecule has 0 fully saturated rings. The Bertz CT molecular complexity index is 565. The van der Waals surface area contributed by atoms with E-state index in [0.717, 1.165) is 6.07 Å². The first-order chi connectivity index (χ1) is 7.09. The Morgan fingerprint density at radius 2 is 2.07 bits per heavy atom. The molecule has 5 heteroatoms. The molecule has 0 bridgehead atoms. The maximum Gasteiger partial charge on any atom is 0.278 e. The first-order valence-corrected chi connectivity index (χ1v) is 4.57. The summed E-state index contributed by atoms with van der Waals surface area (Å²) in [6.07, 6.45) is -2.71. The van der Waals surface area contributed by atoms with Crippen LogP contribution < -0.4 is 5.43 Å². The molecule has 0 radical (unpaired) electrons. The van der Waals surface area contributed by atoms with E-state index in [1.165, 1.54) is 12.1 Å². The maximum atomic E-state index is 12.4. The summed E-state index contributed by atoms with van der Waals surface area (Å²) in [6.45, 7) is 0. The van der Waals surface area contributed by atoms with Crippen molar-refractivity contribution in [3.05, 3.63) is 45.2 Å². The zero-order valence-electron chi connectivity index (χ0n) is 7.43. The molecule has 0 spiro atoms. The topological polar surface area (TPSA) is 32.9 Å². The van der Waals surface area contributed by atoms with Crippen LogP contribution in [0.25, 0.3) is 10.9 Å². The van der Waals surface area contributed by atoms with Crippen LogP contribution in [0.4, 0.5) is 8.78 Å². The molecule has 2 rings (SSSR count). The Morgan fingerprint density at radius 3 is 2.73 bits per heavy atom. The highest BCUT2D eigenvalue weighted by Crippen LogP contribution is 2.22. The number of hydrogen-bond acceptors (Lipinski definition) is 1. The Kier molecular flexibility index (Phi) is 2.44. The third kappa shape index (κ3) is 1.72. The van der Waals surface area contributed by atoms with E-state index in [-0.39, 0.29) is 10.5 Å². The lowest BCUT2D eigenvalue weighted by Crippen LogP contribution is -2.05. The molecule has 0 atom stereocenters. The number of rotatable bonds is 1. The first kappa shape index (κ1) is 10.1. The fourth-order valence-electron chi connectivity index (χ4n) is 1.37. The minimum atomic E-state index is -2.71. The summed E-state index contributed by atoms with van der Waals surface area (Å²) in [5.74, 6) is 0. The van der Waals surface area contributed by atoms with Gasteiger partial charge >= 0.3 is 0 Å². The minimum absolute atomic E-state index is 0.252. The highest BCUT2D eigenvalue weighted by molar-refractivity contribution is 6.35. The molecular formula is C10H6ClF2NO. The van der Waals surface area contributed by atoms with Gasteiger partial charge in [-0.1, -0.05) is 17.7 Å². The number of nitrogens with one attached hydrogen (secondary N) is 1. The maximum absolute atomic E-state index is 12.4. The number of pyridine rings is 1. The Labute approximate surface area is 88.5 Å². The van der Waals surface area contributed by atoms with Crippen LogP contribution in [0, 0.1) is 0 Å². The average molecular weight is 230 g/mol. The molecule has 0 aliphatic heterocycles. The number of benzene rings is 1. The molecular weight excluding hydrogens is 224 g/mol. The summed E-state index contributed by atoms with van der Waals surface area (Å²) in [4.78, 5) is 13.9. The SMILES string of the molecule is O=c1cc(C(F)F)[nH]c2c(Cl)cccc12. The highest BCUT2D eigenvalue weighted by atomic mass is 35.5. The predicted molar refractivity (Wildman–Crippen MR) is 54.5 cm³/mol. The van der Waals surface area contributed by atoms with Gasteiger partial charge in [-0.25, -0.2) is 8.78 Å². The Balaban J connectivity index is 2.86. The van der Waals surface area contributed by atoms with Crippen molar-refractivity contribution in [1.29, 1.82) is 0 Å². The van der Waals surface area contributed by atoms with Crippen LogP contribution in [-0.4, -0.2) is 4.98 Å². The molecule has 0 unspecified atom stereocenters. The number of halogens is 3. The van der Waals surface area contributed by atoms with E-state index < -0.39 is 17.5 Å². The molecule has 0 saturated heterocycles. The van der Waals surface area contributed by atoms with Gasteiger partial charge in [-0.15, -0.1) is 0 Å². The Morgan fingerprint density at radius 1 is 1.33 bits per heavy atom. The fraction of sp³-hybridized carbons (Fsp3) is 0.100. The molecule has 15 heavy (non-hydrogen) atoms. The van der Waals surface area contributed by atoms with Crippen LogP contribution in [0.15, 0.2) is 29.1 Å². The molecule has 2 aromatic rings. The number of aromatic amines is 1. The second kappa shape index (κ2) is 3.62. The number of aromatic nitrogens is 1. The van der Waals surface area contributed by atoms with Crippen molar-refractivity contribution >= 4 is 22.5 Å². The zero-order chi connectivity index (χ0) is 11.0. The predicted octanol–water partition coefficient (Wildman–Crippen LogP) is 3.12. The second-order valence-electron chi connectivity index (χ2n) is 3.05. The molecule has 2 nitrogen and oxygen atoms in total. The molecule has 78 valence electrons. The van der Waals surface area contributed by atoms with Crippen molar-refractivity contribution < 1.29 is 8.78 Å². The largest absolute Gasteiger partial charge is 0.352 e. The molecule has 1 aromatic heterocycles. The Hall–Kier alpha value is -1.42. The van der Waals surface area contributed by atoms with Gasteiger partial charge in [0.1, 0.15) is 0 Å². The number of alkyl halides is 2. The number of para-hydroxylation sites is 1. The standard InChI is InChI=1S/C10H6ClF2NO/c11-6-3-1-2-5-8(15)4-7(10(12)13)14-9(5)6/h1-4,10H,(H,14,15). The lowest BCUT2D eigenvalue weighted by molar-refractivity contribution is 0.146. The van der Waals surface area contributed by atoms with Crippen molar-refractivity contribution in [2.24, 2.45) is 0 Å². The summed E-state index contributed by atoms with van der Waals surface area (Å²) in [6, 6.07) is 5.57. The van der Waals surface area contributed by atoms with Gasteiger partial charge in [-0.3, -0.25) is 4.79 Å². The van der Waals surface area contributed by atoms with E-state index in [1.807, 2.05) is 0 Å². The van der Waals surface area contributed by atoms with Gasteiger partial charge in [-0.2, -0.15) is 0 Å². The molecule has 0 saturated carbocycles. The van der Waals surface area contributed by atoms with E-state index in [4.69, 9.17) is 11.6 Å². The molecule has 1 heterocycles. The van der Waals surface area contributed by atoms with E-state index in [2.05, 4.69) is 4.98 Å². The quantitative estimate of drug-likeness (QED) is 0.801. The summed E-state index contributed by atoms with van der Waals surface area (Å²) in [5.41, 5.74) is -0.621. The highest BCUT2D eigenvalue weighted by Gasteiger charge is 2.11. The summed E-state index contributed by atoms with van der Waals surface area (Å²) >= 11 is 5.79. The number of hydrogen-bond donors (Lipinski definition) is 1. The minimum Gasteiger partial charge on any atom is -0.352 e. The van der Waals surface area contributed by atoms with Crippen molar-refractivity contribution in [3.63, 3.8) is 0 Å². The van der Waals surface area contributed by atoms with Gasteiger partial charge in [0.2, 0.25) is 0 Å². The number of fused-ring (bicyclic) bond motifs is 1. The van der Waals surface area contributed by atoms with Gasteiger partial charge in [-0.05, 0) is 12.1 Å². The summed E-state index contributed by atoms with van der Waals surface area (Å²) in [5, 5.41) is 0.569. The summed E-state index contributed by atoms with van der Waals surface area (Å²) < 4.78 is 24.8. The van der Waals surface area contributed by atoms with Crippen LogP contribution in [0.2, 0.25) is 5.02 Å². The van der Waals surface area contributed by atoms with Crippen molar-refractivity contribution in [2.75, 3.05) is 0 Å². The second-order valence-corrected chi connectivity index (χ2v) is 3.46. The van der Waals surface area contributed by atoms with Gasteiger partial charge in [0.25, 0.3) is 6.43 Å². The fourth-order valence-corrected chi connectivity index (χ4v) is 1.60. The van der Waals surface area contributed by atoms with Gasteiger partial charge in [0, 0.05) is 11.5 Å². The van der Waals surface area contributed by atoms with Crippen LogP contribution in [0.5, 0.6) is 0 Å². The van der Waals surface area contributed by atoms with Gasteiger partial charge in [0.15, 0.2) is 5.43 Å². The monoisotopic (exact) mass is 229 g/mol. The van der Waals surface area contributed by atoms with Gasteiger partial charge < -0.3 is 4.98 Å². The van der Waals surface area contributed by atoms with Crippen molar-refractivity contribution in [2.45, 2.75) is 6.43 Å². The van der Waals surface area contributed by atoms with E-state index in [1.54, 1.807) is 6.07 Å². The van der Waals surface area contributed by atoms with Crippen LogP contribution in [0.1, 0.15) is 12.1 Å². The third-order valence-electron chi connectivity index (χ3n) is 2.07. The molecule has 0 aliphatic carbocycles. The van der Waals surface area contributed by atoms with Gasteiger partial charge in [0.05, 0.1) is 16.2 Å².